The van der Waals surface area contributed by atoms with Gasteiger partial charge in [0.05, 0.1) is 11.7 Å². The number of aryl methyl sites for hydroxylation is 1. The molecule has 0 bridgehead atoms. The Labute approximate surface area is 121 Å². The number of aromatic nitrogens is 1. The lowest BCUT2D eigenvalue weighted by atomic mass is 9.95. The maximum Gasteiger partial charge on any atom is 0.223 e. The Morgan fingerprint density at radius 3 is 2.60 bits per heavy atom. The molecule has 4 heteroatoms. The fourth-order valence-electron chi connectivity index (χ4n) is 2.91. The van der Waals surface area contributed by atoms with E-state index in [0.29, 0.717) is 6.42 Å². The van der Waals surface area contributed by atoms with E-state index < -0.39 is 0 Å². The van der Waals surface area contributed by atoms with Gasteiger partial charge in [0.2, 0.25) is 5.91 Å². The first-order valence-corrected chi connectivity index (χ1v) is 7.31. The van der Waals surface area contributed by atoms with E-state index in [1.807, 2.05) is 30.2 Å². The van der Waals surface area contributed by atoms with Crippen LogP contribution >= 0.6 is 0 Å². The lowest BCUT2D eigenvalue weighted by molar-refractivity contribution is -0.139. The molecule has 1 fully saturated rings. The summed E-state index contributed by atoms with van der Waals surface area (Å²) >= 11 is 0. The monoisotopic (exact) mass is 275 g/mol. The Balaban J connectivity index is 2.46. The first kappa shape index (κ1) is 15.0. The number of carbonyl (C=O) groups is 1. The predicted molar refractivity (Wildman–Crippen MR) is 80.1 cm³/mol. The minimum atomic E-state index is -0.254. The van der Waals surface area contributed by atoms with Crippen LogP contribution in [0.4, 0.5) is 0 Å². The molecule has 2 heterocycles. The highest BCUT2D eigenvalue weighted by Crippen LogP contribution is 2.34. The van der Waals surface area contributed by atoms with Crippen molar-refractivity contribution in [2.24, 2.45) is 5.73 Å². The van der Waals surface area contributed by atoms with Gasteiger partial charge in [-0.05, 0) is 52.2 Å². The van der Waals surface area contributed by atoms with E-state index in [9.17, 15) is 4.79 Å². The van der Waals surface area contributed by atoms with Gasteiger partial charge in [-0.25, -0.2) is 0 Å². The molecule has 0 radical (unpaired) electrons. The molecule has 1 aromatic heterocycles. The number of rotatable bonds is 1. The molecule has 1 amide bonds. The fourth-order valence-corrected chi connectivity index (χ4v) is 2.91. The van der Waals surface area contributed by atoms with Crippen LogP contribution in [-0.2, 0) is 4.79 Å². The van der Waals surface area contributed by atoms with Crippen molar-refractivity contribution >= 4 is 5.91 Å². The van der Waals surface area contributed by atoms with Crippen LogP contribution in [0.2, 0.25) is 0 Å². The molecule has 1 saturated heterocycles. The lowest BCUT2D eigenvalue weighted by Gasteiger charge is -2.42. The lowest BCUT2D eigenvalue weighted by Crippen LogP contribution is -2.51. The quantitative estimate of drug-likeness (QED) is 0.857. The zero-order valence-electron chi connectivity index (χ0n) is 12.9. The molecular formula is C16H25N3O. The van der Waals surface area contributed by atoms with Crippen LogP contribution in [-0.4, -0.2) is 27.4 Å². The molecule has 2 atom stereocenters. The fraction of sp³-hybridized carbons (Fsp3) is 0.625. The number of nitrogens with zero attached hydrogens (tertiary/aromatic N) is 2. The summed E-state index contributed by atoms with van der Waals surface area (Å²) in [6.07, 6.45) is 4.14. The molecule has 1 aliphatic heterocycles. The summed E-state index contributed by atoms with van der Waals surface area (Å²) in [5.74, 6) is 0.179. The zero-order chi connectivity index (χ0) is 14.9. The minimum absolute atomic E-state index is 0.0594. The van der Waals surface area contributed by atoms with Crippen molar-refractivity contribution in [2.75, 3.05) is 0 Å². The number of hydrogen-bond donors (Lipinski definition) is 1. The van der Waals surface area contributed by atoms with Crippen molar-refractivity contribution in [2.45, 2.75) is 64.6 Å². The van der Waals surface area contributed by atoms with Crippen LogP contribution in [0.25, 0.3) is 0 Å². The normalized spacial score (nSPS) is 24.6. The molecule has 2 unspecified atom stereocenters. The Bertz CT molecular complexity index is 475. The third-order valence-corrected chi connectivity index (χ3v) is 3.84. The van der Waals surface area contributed by atoms with Gasteiger partial charge in [0, 0.05) is 24.2 Å². The van der Waals surface area contributed by atoms with Gasteiger partial charge in [-0.1, -0.05) is 6.07 Å². The van der Waals surface area contributed by atoms with Gasteiger partial charge in [0.1, 0.15) is 0 Å². The molecule has 0 aromatic carbocycles. The van der Waals surface area contributed by atoms with Crippen molar-refractivity contribution in [1.29, 1.82) is 0 Å². The van der Waals surface area contributed by atoms with Crippen molar-refractivity contribution in [1.82, 2.24) is 9.88 Å². The highest BCUT2D eigenvalue weighted by atomic mass is 16.2. The van der Waals surface area contributed by atoms with Gasteiger partial charge >= 0.3 is 0 Å². The summed E-state index contributed by atoms with van der Waals surface area (Å²) in [6.45, 7) is 8.19. The van der Waals surface area contributed by atoms with E-state index in [0.717, 1.165) is 24.1 Å². The molecule has 2 N–H and O–H groups in total. The van der Waals surface area contributed by atoms with Crippen molar-refractivity contribution in [3.05, 3.63) is 29.6 Å². The molecule has 4 nitrogen and oxygen atoms in total. The third kappa shape index (κ3) is 3.01. The molecule has 0 spiro atoms. The summed E-state index contributed by atoms with van der Waals surface area (Å²) in [6, 6.07) is 3.84. The predicted octanol–water partition coefficient (Wildman–Crippen LogP) is 2.57. The second kappa shape index (κ2) is 5.52. The second-order valence-corrected chi connectivity index (χ2v) is 6.70. The number of pyridine rings is 1. The van der Waals surface area contributed by atoms with E-state index >= 15 is 0 Å². The first-order valence-electron chi connectivity index (χ1n) is 7.31. The smallest absolute Gasteiger partial charge is 0.223 e. The maximum absolute atomic E-state index is 12.5. The number of nitrogens with two attached hydrogens (primary N) is 1. The maximum atomic E-state index is 12.5. The van der Waals surface area contributed by atoms with Crippen molar-refractivity contribution < 1.29 is 4.79 Å². The summed E-state index contributed by atoms with van der Waals surface area (Å²) in [4.78, 5) is 19.0. The second-order valence-electron chi connectivity index (χ2n) is 6.70. The molecule has 20 heavy (non-hydrogen) atoms. The van der Waals surface area contributed by atoms with Gasteiger partial charge in [-0.2, -0.15) is 0 Å². The molecule has 2 rings (SSSR count). The number of likely N-dealkylation sites (tertiary alicyclic amines) is 1. The molecular weight excluding hydrogens is 250 g/mol. The summed E-state index contributed by atoms with van der Waals surface area (Å²) in [7, 11) is 0. The molecule has 0 aliphatic carbocycles. The Morgan fingerprint density at radius 1 is 1.35 bits per heavy atom. The number of amides is 1. The van der Waals surface area contributed by atoms with E-state index in [-0.39, 0.29) is 23.5 Å². The zero-order valence-corrected chi connectivity index (χ0v) is 12.9. The van der Waals surface area contributed by atoms with E-state index in [1.165, 1.54) is 0 Å². The van der Waals surface area contributed by atoms with Crippen LogP contribution in [0.1, 0.15) is 57.3 Å². The number of carbonyl (C=O) groups excluding carboxylic acids is 1. The van der Waals surface area contributed by atoms with Gasteiger partial charge in [-0.3, -0.25) is 9.78 Å². The van der Waals surface area contributed by atoms with Crippen molar-refractivity contribution in [3.8, 4) is 0 Å². The largest absolute Gasteiger partial charge is 0.328 e. The topological polar surface area (TPSA) is 59.2 Å². The molecule has 110 valence electrons. The van der Waals surface area contributed by atoms with Gasteiger partial charge in [-0.15, -0.1) is 0 Å². The van der Waals surface area contributed by atoms with Crippen LogP contribution in [0.5, 0.6) is 0 Å². The van der Waals surface area contributed by atoms with Gasteiger partial charge < -0.3 is 10.6 Å². The van der Waals surface area contributed by atoms with Crippen LogP contribution in [0.15, 0.2) is 18.3 Å². The van der Waals surface area contributed by atoms with Crippen LogP contribution < -0.4 is 5.73 Å². The SMILES string of the molecule is Cc1ccc(C2C(N)CCCC(=O)N2C(C)(C)C)nc1. The number of hydrogen-bond acceptors (Lipinski definition) is 3. The first-order chi connectivity index (χ1) is 9.30. The highest BCUT2D eigenvalue weighted by Gasteiger charge is 2.39. The average Bonchev–Trinajstić information content (AvgIpc) is 2.49. The molecule has 1 aromatic rings. The highest BCUT2D eigenvalue weighted by molar-refractivity contribution is 5.78. The van der Waals surface area contributed by atoms with E-state index in [1.54, 1.807) is 0 Å². The van der Waals surface area contributed by atoms with E-state index in [2.05, 4.69) is 25.8 Å². The van der Waals surface area contributed by atoms with Crippen LogP contribution in [0, 0.1) is 6.92 Å². The minimum Gasteiger partial charge on any atom is -0.328 e. The molecule has 0 saturated carbocycles. The Morgan fingerprint density at radius 2 is 2.05 bits per heavy atom. The third-order valence-electron chi connectivity index (χ3n) is 3.84. The van der Waals surface area contributed by atoms with Gasteiger partial charge in [0.15, 0.2) is 0 Å². The standard InChI is InChI=1S/C16H25N3O/c1-11-8-9-13(18-10-11)15-12(17)6-5-7-14(20)19(15)16(2,3)4/h8-10,12,15H,5-7,17H2,1-4H3. The Hall–Kier alpha value is -1.42. The molecule has 1 aliphatic rings. The summed E-state index contributed by atoms with van der Waals surface area (Å²) < 4.78 is 0. The summed E-state index contributed by atoms with van der Waals surface area (Å²) in [5, 5.41) is 0. The summed E-state index contributed by atoms with van der Waals surface area (Å²) in [5.41, 5.74) is 8.12. The van der Waals surface area contributed by atoms with Crippen LogP contribution in [0.3, 0.4) is 0 Å². The van der Waals surface area contributed by atoms with E-state index in [4.69, 9.17) is 5.73 Å². The van der Waals surface area contributed by atoms with Crippen molar-refractivity contribution in [3.63, 3.8) is 0 Å². The Kier molecular flexibility index (Phi) is 4.14. The van der Waals surface area contributed by atoms with Gasteiger partial charge in [0.25, 0.3) is 0 Å². The average molecular weight is 275 g/mol.